The van der Waals surface area contributed by atoms with E-state index in [2.05, 4.69) is 10.2 Å². The summed E-state index contributed by atoms with van der Waals surface area (Å²) in [5.74, 6) is 0.425. The van der Waals surface area contributed by atoms with Crippen molar-refractivity contribution < 1.29 is 12.3 Å². The molecule has 0 atom stereocenters. The van der Waals surface area contributed by atoms with Gasteiger partial charge in [-0.1, -0.05) is 24.7 Å². The molecule has 0 aromatic carbocycles. The van der Waals surface area contributed by atoms with E-state index in [0.717, 1.165) is 4.57 Å². The highest BCUT2D eigenvalue weighted by Crippen LogP contribution is 2.21. The van der Waals surface area contributed by atoms with Crippen molar-refractivity contribution in [2.75, 3.05) is 0 Å². The summed E-state index contributed by atoms with van der Waals surface area (Å²) < 4.78 is 35.0. The highest BCUT2D eigenvalue weighted by molar-refractivity contribution is 7.86. The zero-order valence-electron chi connectivity index (χ0n) is 8.44. The Labute approximate surface area is 82.2 Å². The van der Waals surface area contributed by atoms with Crippen LogP contribution >= 0.6 is 0 Å². The zero-order valence-corrected chi connectivity index (χ0v) is 9.26. The first-order chi connectivity index (χ1) is 6.14. The van der Waals surface area contributed by atoms with E-state index in [1.165, 1.54) is 7.05 Å². The normalized spacial score (nSPS) is 13.2. The molecule has 0 unspecified atom stereocenters. The SMILES string of the molecule is Cn1c(C(C)(C)C)nnc1S(=O)(=O)F. The van der Waals surface area contributed by atoms with Gasteiger partial charge in [0, 0.05) is 12.5 Å². The summed E-state index contributed by atoms with van der Waals surface area (Å²) in [7, 11) is -3.36. The number of rotatable bonds is 1. The third-order valence-electron chi connectivity index (χ3n) is 1.72. The molecule has 0 bridgehead atoms. The van der Waals surface area contributed by atoms with Crippen LogP contribution in [0.2, 0.25) is 0 Å². The minimum Gasteiger partial charge on any atom is -0.302 e. The molecule has 7 heteroatoms. The second-order valence-electron chi connectivity index (χ2n) is 4.05. The summed E-state index contributed by atoms with van der Waals surface area (Å²) in [6, 6.07) is 0. The van der Waals surface area contributed by atoms with E-state index in [-0.39, 0.29) is 5.41 Å². The molecule has 1 aromatic rings. The van der Waals surface area contributed by atoms with Crippen LogP contribution in [0.3, 0.4) is 0 Å². The lowest BCUT2D eigenvalue weighted by Gasteiger charge is -2.16. The topological polar surface area (TPSA) is 64.8 Å². The summed E-state index contributed by atoms with van der Waals surface area (Å²) in [5.41, 5.74) is -0.370. The Bertz CT molecular complexity index is 444. The minimum atomic E-state index is -4.78. The lowest BCUT2D eigenvalue weighted by atomic mass is 9.96. The molecule has 0 aliphatic carbocycles. The van der Waals surface area contributed by atoms with Gasteiger partial charge in [0.05, 0.1) is 0 Å². The largest absolute Gasteiger partial charge is 0.368 e. The molecule has 14 heavy (non-hydrogen) atoms. The molecule has 1 aromatic heterocycles. The Morgan fingerprint density at radius 2 is 1.79 bits per heavy atom. The number of aromatic nitrogens is 3. The second-order valence-corrected chi connectivity index (χ2v) is 5.29. The fraction of sp³-hybridized carbons (Fsp3) is 0.714. The highest BCUT2D eigenvalue weighted by atomic mass is 32.3. The average molecular weight is 221 g/mol. The molecule has 0 aliphatic rings. The van der Waals surface area contributed by atoms with Crippen LogP contribution in [-0.2, 0) is 22.7 Å². The fourth-order valence-electron chi connectivity index (χ4n) is 1.18. The van der Waals surface area contributed by atoms with Crippen LogP contribution in [0.4, 0.5) is 3.89 Å². The van der Waals surface area contributed by atoms with Gasteiger partial charge in [0.2, 0.25) is 0 Å². The van der Waals surface area contributed by atoms with Crippen molar-refractivity contribution in [3.8, 4) is 0 Å². The molecule has 1 rings (SSSR count). The highest BCUT2D eigenvalue weighted by Gasteiger charge is 2.27. The quantitative estimate of drug-likeness (QED) is 0.657. The molecule has 0 saturated heterocycles. The van der Waals surface area contributed by atoms with E-state index in [1.807, 2.05) is 20.8 Å². The molecule has 0 amide bonds. The van der Waals surface area contributed by atoms with Crippen molar-refractivity contribution in [1.29, 1.82) is 0 Å². The van der Waals surface area contributed by atoms with Crippen LogP contribution < -0.4 is 0 Å². The van der Waals surface area contributed by atoms with Gasteiger partial charge in [-0.25, -0.2) is 0 Å². The van der Waals surface area contributed by atoms with Crippen LogP contribution in [0.1, 0.15) is 26.6 Å². The summed E-state index contributed by atoms with van der Waals surface area (Å²) in [6.45, 7) is 5.52. The second kappa shape index (κ2) is 3.01. The third kappa shape index (κ3) is 1.92. The van der Waals surface area contributed by atoms with Gasteiger partial charge in [0.15, 0.2) is 0 Å². The smallest absolute Gasteiger partial charge is 0.302 e. The maximum atomic E-state index is 12.6. The van der Waals surface area contributed by atoms with Crippen LogP contribution in [0.25, 0.3) is 0 Å². The first-order valence-electron chi connectivity index (χ1n) is 3.98. The molecule has 0 N–H and O–H groups in total. The molecule has 1 heterocycles. The maximum absolute atomic E-state index is 12.6. The number of halogens is 1. The fourth-order valence-corrected chi connectivity index (χ4v) is 1.73. The average Bonchev–Trinajstić information content (AvgIpc) is 2.26. The zero-order chi connectivity index (χ0) is 11.1. The molecule has 0 aliphatic heterocycles. The van der Waals surface area contributed by atoms with Gasteiger partial charge in [-0.3, -0.25) is 0 Å². The first-order valence-corrected chi connectivity index (χ1v) is 5.37. The van der Waals surface area contributed by atoms with E-state index in [9.17, 15) is 12.3 Å². The van der Waals surface area contributed by atoms with Gasteiger partial charge < -0.3 is 4.57 Å². The Hall–Kier alpha value is -0.980. The summed E-state index contributed by atoms with van der Waals surface area (Å²) >= 11 is 0. The molecule has 0 saturated carbocycles. The maximum Gasteiger partial charge on any atom is 0.368 e. The van der Waals surface area contributed by atoms with E-state index in [4.69, 9.17) is 0 Å². The van der Waals surface area contributed by atoms with Crippen molar-refractivity contribution in [2.45, 2.75) is 31.3 Å². The van der Waals surface area contributed by atoms with Gasteiger partial charge in [0.25, 0.3) is 5.16 Å². The Balaban J connectivity index is 3.37. The van der Waals surface area contributed by atoms with E-state index < -0.39 is 15.4 Å². The van der Waals surface area contributed by atoms with E-state index in [1.54, 1.807) is 0 Å². The van der Waals surface area contributed by atoms with Crippen molar-refractivity contribution >= 4 is 10.2 Å². The van der Waals surface area contributed by atoms with Crippen molar-refractivity contribution in [2.24, 2.45) is 7.05 Å². The minimum absolute atomic E-state index is 0.370. The third-order valence-corrected chi connectivity index (χ3v) is 2.52. The molecule has 0 radical (unpaired) electrons. The van der Waals surface area contributed by atoms with Crippen LogP contribution in [-0.4, -0.2) is 23.2 Å². The van der Waals surface area contributed by atoms with E-state index in [0.29, 0.717) is 5.82 Å². The Morgan fingerprint density at radius 1 is 1.29 bits per heavy atom. The van der Waals surface area contributed by atoms with E-state index >= 15 is 0 Å². The van der Waals surface area contributed by atoms with Crippen molar-refractivity contribution in [3.63, 3.8) is 0 Å². The monoisotopic (exact) mass is 221 g/mol. The van der Waals surface area contributed by atoms with Gasteiger partial charge in [0.1, 0.15) is 5.82 Å². The lowest BCUT2D eigenvalue weighted by Crippen LogP contribution is -2.18. The lowest BCUT2D eigenvalue weighted by molar-refractivity contribution is 0.501. The molecule has 0 spiro atoms. The Kier molecular flexibility index (Phi) is 2.39. The van der Waals surface area contributed by atoms with Gasteiger partial charge in [-0.15, -0.1) is 10.2 Å². The van der Waals surface area contributed by atoms with Crippen molar-refractivity contribution in [3.05, 3.63) is 5.82 Å². The molecular weight excluding hydrogens is 209 g/mol. The van der Waals surface area contributed by atoms with Gasteiger partial charge in [-0.05, 0) is 0 Å². The standard InChI is InChI=1S/C7H12FN3O2S/c1-7(2,3)5-9-10-6(11(5)4)14(8,12)13/h1-4H3. The predicted octanol–water partition coefficient (Wildman–Crippen LogP) is 0.771. The van der Waals surface area contributed by atoms with Gasteiger partial charge >= 0.3 is 10.2 Å². The summed E-state index contributed by atoms with van der Waals surface area (Å²) in [5, 5.41) is 6.30. The van der Waals surface area contributed by atoms with Crippen LogP contribution in [0, 0.1) is 0 Å². The predicted molar refractivity (Wildman–Crippen MR) is 48.0 cm³/mol. The molecule has 80 valence electrons. The Morgan fingerprint density at radius 3 is 2.00 bits per heavy atom. The van der Waals surface area contributed by atoms with Crippen LogP contribution in [0.5, 0.6) is 0 Å². The van der Waals surface area contributed by atoms with Crippen molar-refractivity contribution in [1.82, 2.24) is 14.8 Å². The summed E-state index contributed by atoms with van der Waals surface area (Å²) in [4.78, 5) is 0. The van der Waals surface area contributed by atoms with Gasteiger partial charge in [-0.2, -0.15) is 8.42 Å². The summed E-state index contributed by atoms with van der Waals surface area (Å²) in [6.07, 6.45) is 0. The van der Waals surface area contributed by atoms with Crippen LogP contribution in [0.15, 0.2) is 5.16 Å². The first kappa shape index (κ1) is 11.1. The number of hydrogen-bond donors (Lipinski definition) is 0. The number of nitrogens with zero attached hydrogens (tertiary/aromatic N) is 3. The number of hydrogen-bond acceptors (Lipinski definition) is 4. The molecule has 5 nitrogen and oxygen atoms in total. The molecular formula is C7H12FN3O2S. The molecule has 0 fully saturated rings.